The van der Waals surface area contributed by atoms with Crippen molar-refractivity contribution in [2.75, 3.05) is 0 Å². The van der Waals surface area contributed by atoms with Crippen LogP contribution < -0.4 is 10.6 Å². The van der Waals surface area contributed by atoms with Crippen molar-refractivity contribution in [3.8, 4) is 32.6 Å². The first-order valence-corrected chi connectivity index (χ1v) is 13.3. The molecular weight excluding hydrogens is 588 g/mol. The molecule has 2 amide bonds. The third-order valence-electron chi connectivity index (χ3n) is 5.66. The number of hydrogen-bond donors (Lipinski definition) is 5. The highest BCUT2D eigenvalue weighted by molar-refractivity contribution is 7.22. The molecule has 0 saturated carbocycles. The number of carbonyl (C=O) groups is 3. The molecule has 5 N–H and O–H groups in total. The molecular formula is C24H14N10O6S2. The lowest BCUT2D eigenvalue weighted by Crippen LogP contribution is -2.53. The number of aromatic nitrogens is 8. The van der Waals surface area contributed by atoms with Gasteiger partial charge in [-0.1, -0.05) is 0 Å². The van der Waals surface area contributed by atoms with Gasteiger partial charge in [0.2, 0.25) is 6.17 Å². The molecule has 0 aliphatic heterocycles. The molecule has 0 saturated heterocycles. The Bertz CT molecular complexity index is 1860. The van der Waals surface area contributed by atoms with Gasteiger partial charge in [-0.15, -0.1) is 22.7 Å². The van der Waals surface area contributed by atoms with E-state index in [1.165, 1.54) is 49.8 Å². The summed E-state index contributed by atoms with van der Waals surface area (Å²) in [6.07, 6.45) is 9.31. The van der Waals surface area contributed by atoms with Crippen LogP contribution in [0, 0.1) is 0 Å². The van der Waals surface area contributed by atoms with E-state index in [1.807, 2.05) is 0 Å². The molecule has 0 bridgehead atoms. The average molecular weight is 603 g/mol. The largest absolute Gasteiger partial charge is 0.504 e. The minimum absolute atomic E-state index is 0.221. The van der Waals surface area contributed by atoms with Crippen LogP contribution in [-0.2, 0) is 4.79 Å². The van der Waals surface area contributed by atoms with E-state index >= 15 is 0 Å². The van der Waals surface area contributed by atoms with E-state index in [-0.39, 0.29) is 9.40 Å². The highest BCUT2D eigenvalue weighted by Gasteiger charge is 2.28. The Hall–Kier alpha value is -5.75. The van der Waals surface area contributed by atoms with Crippen molar-refractivity contribution in [1.29, 1.82) is 0 Å². The number of thiazole rings is 2. The maximum Gasteiger partial charge on any atom is 0.347 e. The number of carbonyl (C=O) groups excluding carboxylic acids is 2. The van der Waals surface area contributed by atoms with Crippen molar-refractivity contribution in [3.63, 3.8) is 0 Å². The lowest BCUT2D eigenvalue weighted by molar-refractivity contribution is -0.139. The van der Waals surface area contributed by atoms with Crippen molar-refractivity contribution in [1.82, 2.24) is 50.5 Å². The zero-order chi connectivity index (χ0) is 29.4. The monoisotopic (exact) mass is 602 g/mol. The fourth-order valence-corrected chi connectivity index (χ4v) is 5.64. The first kappa shape index (κ1) is 26.5. The number of aliphatic carboxylic acids is 1. The number of hydrogen-bond acceptors (Lipinski definition) is 15. The molecule has 0 unspecified atom stereocenters. The Morgan fingerprint density at radius 1 is 0.667 bits per heavy atom. The van der Waals surface area contributed by atoms with Gasteiger partial charge in [-0.3, -0.25) is 9.59 Å². The number of amides is 2. The zero-order valence-electron chi connectivity index (χ0n) is 20.7. The molecule has 0 aromatic carbocycles. The fourth-order valence-electron chi connectivity index (χ4n) is 3.72. The lowest BCUT2D eigenvalue weighted by Gasteiger charge is -2.16. The molecule has 0 fully saturated rings. The topological polar surface area (TPSA) is 239 Å². The van der Waals surface area contributed by atoms with Crippen LogP contribution in [-0.4, -0.2) is 79.1 Å². The number of carboxylic acids is 1. The standard InChI is InChI=1S/C24H14N10O6S2/c35-15-13(29-5-11-17(15)41-22(31-11)9-1-25-7-26-2-9)20(37)33-19(24(39)40)34-21(38)14-16(36)18-12(6-30-14)32-23(42-18)10-3-27-8-28-4-10/h1-8,19,35-36H,(H,33,37)(H,34,38)(H,39,40). The van der Waals surface area contributed by atoms with Crippen molar-refractivity contribution in [2.45, 2.75) is 6.17 Å². The third-order valence-corrected chi connectivity index (χ3v) is 7.91. The summed E-state index contributed by atoms with van der Waals surface area (Å²) in [7, 11) is 0. The summed E-state index contributed by atoms with van der Waals surface area (Å²) in [4.78, 5) is 70.0. The van der Waals surface area contributed by atoms with E-state index in [1.54, 1.807) is 0 Å². The second-order valence-electron chi connectivity index (χ2n) is 8.35. The predicted molar refractivity (Wildman–Crippen MR) is 147 cm³/mol. The molecule has 42 heavy (non-hydrogen) atoms. The Labute approximate surface area is 240 Å². The molecule has 0 spiro atoms. The maximum atomic E-state index is 12.9. The van der Waals surface area contributed by atoms with Gasteiger partial charge in [0.15, 0.2) is 22.9 Å². The summed E-state index contributed by atoms with van der Waals surface area (Å²) in [6.45, 7) is 0. The lowest BCUT2D eigenvalue weighted by atomic mass is 10.2. The molecule has 6 heterocycles. The van der Waals surface area contributed by atoms with Crippen LogP contribution in [0.25, 0.3) is 41.6 Å². The Morgan fingerprint density at radius 3 is 1.45 bits per heavy atom. The summed E-state index contributed by atoms with van der Waals surface area (Å²) < 4.78 is 0.441. The molecule has 0 aliphatic rings. The minimum Gasteiger partial charge on any atom is -0.504 e. The zero-order valence-corrected chi connectivity index (χ0v) is 22.3. The van der Waals surface area contributed by atoms with Crippen LogP contribution in [0.3, 0.4) is 0 Å². The van der Waals surface area contributed by atoms with Gasteiger partial charge in [0.1, 0.15) is 43.1 Å². The number of nitrogens with one attached hydrogen (secondary N) is 2. The van der Waals surface area contributed by atoms with Crippen LogP contribution in [0.15, 0.2) is 49.8 Å². The number of aromatic hydroxyl groups is 2. The van der Waals surface area contributed by atoms with E-state index in [2.05, 4.69) is 50.5 Å². The summed E-state index contributed by atoms with van der Waals surface area (Å²) >= 11 is 2.10. The van der Waals surface area contributed by atoms with Crippen molar-refractivity contribution in [3.05, 3.63) is 61.2 Å². The Balaban J connectivity index is 1.23. The maximum absolute atomic E-state index is 12.9. The van der Waals surface area contributed by atoms with Gasteiger partial charge in [-0.2, -0.15) is 0 Å². The van der Waals surface area contributed by atoms with Crippen LogP contribution in [0.2, 0.25) is 0 Å². The highest BCUT2D eigenvalue weighted by atomic mass is 32.1. The first-order valence-electron chi connectivity index (χ1n) is 11.6. The summed E-state index contributed by atoms with van der Waals surface area (Å²) in [6, 6.07) is 0. The normalized spacial score (nSPS) is 11.2. The van der Waals surface area contributed by atoms with E-state index < -0.39 is 46.8 Å². The number of nitrogens with zero attached hydrogens (tertiary/aromatic N) is 8. The van der Waals surface area contributed by atoms with Gasteiger partial charge >= 0.3 is 5.97 Å². The van der Waals surface area contributed by atoms with E-state index in [4.69, 9.17) is 0 Å². The second-order valence-corrected chi connectivity index (χ2v) is 10.3. The van der Waals surface area contributed by atoms with E-state index in [0.29, 0.717) is 32.2 Å². The van der Waals surface area contributed by atoms with E-state index in [9.17, 15) is 29.7 Å². The SMILES string of the molecule is O=C(NC(NC(=O)c1ncc2nc(-c3cncnc3)sc2c1O)C(=O)O)c1ncc2nc(-c3cncnc3)sc2c1O. The van der Waals surface area contributed by atoms with Crippen LogP contribution in [0.1, 0.15) is 21.0 Å². The Kier molecular flexibility index (Phi) is 6.73. The van der Waals surface area contributed by atoms with Gasteiger partial charge in [0.05, 0.1) is 12.4 Å². The summed E-state index contributed by atoms with van der Waals surface area (Å²) in [5, 5.41) is 36.3. The second kappa shape index (κ2) is 10.7. The van der Waals surface area contributed by atoms with Gasteiger partial charge in [-0.25, -0.2) is 44.7 Å². The molecule has 208 valence electrons. The van der Waals surface area contributed by atoms with Crippen LogP contribution >= 0.6 is 22.7 Å². The number of fused-ring (bicyclic) bond motifs is 2. The van der Waals surface area contributed by atoms with Gasteiger partial charge in [-0.05, 0) is 0 Å². The minimum atomic E-state index is -1.98. The fraction of sp³-hybridized carbons (Fsp3) is 0.0417. The molecule has 16 nitrogen and oxygen atoms in total. The van der Waals surface area contributed by atoms with Crippen LogP contribution in [0.5, 0.6) is 11.5 Å². The van der Waals surface area contributed by atoms with Crippen molar-refractivity contribution < 1.29 is 29.7 Å². The van der Waals surface area contributed by atoms with Gasteiger partial charge in [0, 0.05) is 35.9 Å². The molecule has 6 aromatic heterocycles. The smallest absolute Gasteiger partial charge is 0.347 e. The quantitative estimate of drug-likeness (QED) is 0.163. The highest BCUT2D eigenvalue weighted by Crippen LogP contribution is 2.37. The van der Waals surface area contributed by atoms with Crippen LogP contribution in [0.4, 0.5) is 0 Å². The number of carboxylic acid groups (broad SMARTS) is 1. The first-order chi connectivity index (χ1) is 20.3. The van der Waals surface area contributed by atoms with Crippen molar-refractivity contribution >= 4 is 60.9 Å². The summed E-state index contributed by atoms with van der Waals surface area (Å²) in [5.74, 6) is -4.88. The number of rotatable bonds is 7. The van der Waals surface area contributed by atoms with E-state index in [0.717, 1.165) is 22.7 Å². The molecule has 6 aromatic rings. The third kappa shape index (κ3) is 4.86. The Morgan fingerprint density at radius 2 is 1.07 bits per heavy atom. The predicted octanol–water partition coefficient (Wildman–Crippen LogP) is 1.59. The average Bonchev–Trinajstić information content (AvgIpc) is 3.64. The molecule has 0 atom stereocenters. The van der Waals surface area contributed by atoms with Gasteiger partial charge < -0.3 is 26.0 Å². The molecule has 18 heteroatoms. The van der Waals surface area contributed by atoms with Crippen molar-refractivity contribution in [2.24, 2.45) is 0 Å². The number of pyridine rings is 2. The van der Waals surface area contributed by atoms with Gasteiger partial charge in [0.25, 0.3) is 11.8 Å². The molecule has 0 aliphatic carbocycles. The summed E-state index contributed by atoms with van der Waals surface area (Å²) in [5.41, 5.74) is 0.754. The molecule has 0 radical (unpaired) electrons. The molecule has 6 rings (SSSR count).